The number of benzene rings is 1. The first-order valence-electron chi connectivity index (χ1n) is 5.09. The fourth-order valence-electron chi connectivity index (χ4n) is 1.21. The summed E-state index contributed by atoms with van der Waals surface area (Å²) < 4.78 is 5.19. The Kier molecular flexibility index (Phi) is 4.59. The third kappa shape index (κ3) is 3.84. The van der Waals surface area contributed by atoms with Gasteiger partial charge in [-0.25, -0.2) is 0 Å². The lowest BCUT2D eigenvalue weighted by Crippen LogP contribution is -2.08. The molecule has 17 heavy (non-hydrogen) atoms. The second-order valence-corrected chi connectivity index (χ2v) is 3.59. The summed E-state index contributed by atoms with van der Waals surface area (Å²) in [5, 5.41) is 19.7. The fraction of sp³-hybridized carbons (Fsp3) is 0.364. The van der Waals surface area contributed by atoms with E-state index < -0.39 is 11.0 Å². The number of ether oxygens (including phenoxy) is 1. The molecule has 0 spiro atoms. The van der Waals surface area contributed by atoms with Crippen LogP contribution in [0.4, 0.5) is 5.69 Å². The van der Waals surface area contributed by atoms with Crippen LogP contribution in [-0.2, 0) is 0 Å². The molecule has 1 aromatic carbocycles. The normalized spacial score (nSPS) is 11.9. The van der Waals surface area contributed by atoms with E-state index in [0.717, 1.165) is 0 Å². The highest BCUT2D eigenvalue weighted by Gasteiger charge is 2.15. The van der Waals surface area contributed by atoms with Crippen molar-refractivity contribution in [3.05, 3.63) is 33.9 Å². The minimum atomic E-state index is -0.577. The zero-order valence-corrected chi connectivity index (χ0v) is 9.33. The van der Waals surface area contributed by atoms with Crippen molar-refractivity contribution in [1.82, 2.24) is 0 Å². The van der Waals surface area contributed by atoms with E-state index in [9.17, 15) is 14.9 Å². The fourth-order valence-corrected chi connectivity index (χ4v) is 1.21. The number of carbonyl (C=O) groups excluding carboxylic acids is 1. The van der Waals surface area contributed by atoms with Crippen molar-refractivity contribution < 1.29 is 19.6 Å². The van der Waals surface area contributed by atoms with Gasteiger partial charge in [-0.15, -0.1) is 0 Å². The Morgan fingerprint density at radius 2 is 2.29 bits per heavy atom. The lowest BCUT2D eigenvalue weighted by molar-refractivity contribution is -0.385. The van der Waals surface area contributed by atoms with Gasteiger partial charge in [0.1, 0.15) is 6.29 Å². The highest BCUT2D eigenvalue weighted by molar-refractivity contribution is 5.76. The van der Waals surface area contributed by atoms with Gasteiger partial charge in [0.25, 0.3) is 0 Å². The molecule has 1 N–H and O–H groups in total. The van der Waals surface area contributed by atoms with Crippen molar-refractivity contribution >= 4 is 12.0 Å². The summed E-state index contributed by atoms with van der Waals surface area (Å²) in [7, 11) is 0. The molecule has 0 saturated heterocycles. The Morgan fingerprint density at radius 3 is 2.82 bits per heavy atom. The molecule has 0 aliphatic heterocycles. The van der Waals surface area contributed by atoms with Crippen molar-refractivity contribution in [2.45, 2.75) is 19.4 Å². The number of hydrogen-bond acceptors (Lipinski definition) is 5. The molecule has 0 heterocycles. The first-order chi connectivity index (χ1) is 8.04. The molecule has 0 amide bonds. The van der Waals surface area contributed by atoms with E-state index in [1.807, 2.05) is 0 Å². The summed E-state index contributed by atoms with van der Waals surface area (Å²) in [6.07, 6.45) is 0.414. The van der Waals surface area contributed by atoms with Gasteiger partial charge in [0.2, 0.25) is 0 Å². The molecular formula is C11H13NO5. The first-order valence-corrected chi connectivity index (χ1v) is 5.09. The lowest BCUT2D eigenvalue weighted by atomic mass is 10.2. The maximum atomic E-state index is 10.7. The summed E-state index contributed by atoms with van der Waals surface area (Å²) >= 11 is 0. The monoisotopic (exact) mass is 239 g/mol. The van der Waals surface area contributed by atoms with Gasteiger partial charge < -0.3 is 9.84 Å². The third-order valence-corrected chi connectivity index (χ3v) is 2.11. The molecule has 0 saturated carbocycles. The van der Waals surface area contributed by atoms with Crippen molar-refractivity contribution in [2.75, 3.05) is 6.61 Å². The van der Waals surface area contributed by atoms with Crippen molar-refractivity contribution in [1.29, 1.82) is 0 Å². The van der Waals surface area contributed by atoms with Gasteiger partial charge in [0, 0.05) is 18.1 Å². The number of carbonyl (C=O) groups is 1. The molecule has 0 bridgehead atoms. The minimum absolute atomic E-state index is 0.0419. The molecule has 1 atom stereocenters. The molecule has 6 nitrogen and oxygen atoms in total. The van der Waals surface area contributed by atoms with Crippen LogP contribution in [0.5, 0.6) is 5.75 Å². The van der Waals surface area contributed by atoms with Crippen molar-refractivity contribution in [3.8, 4) is 5.75 Å². The van der Waals surface area contributed by atoms with Crippen LogP contribution in [-0.4, -0.2) is 29.0 Å². The summed E-state index contributed by atoms with van der Waals surface area (Å²) in [5.74, 6) is 0.0419. The molecule has 0 aromatic heterocycles. The van der Waals surface area contributed by atoms with Crippen LogP contribution in [0, 0.1) is 10.1 Å². The molecule has 1 unspecified atom stereocenters. The van der Waals surface area contributed by atoms with Gasteiger partial charge in [0.15, 0.2) is 5.75 Å². The molecule has 1 rings (SSSR count). The SMILES string of the molecule is CC(O)CCOc1cc(C=O)ccc1[N+](=O)[O-]. The Morgan fingerprint density at radius 1 is 1.59 bits per heavy atom. The van der Waals surface area contributed by atoms with E-state index in [-0.39, 0.29) is 18.0 Å². The standard InChI is InChI=1S/C11H13NO5/c1-8(14)4-5-17-11-6-9(7-13)2-3-10(11)12(15)16/h2-3,6-8,14H,4-5H2,1H3. The second-order valence-electron chi connectivity index (χ2n) is 3.59. The van der Waals surface area contributed by atoms with Crippen molar-refractivity contribution in [2.24, 2.45) is 0 Å². The Bertz CT molecular complexity index is 416. The van der Waals surface area contributed by atoms with E-state index in [1.54, 1.807) is 6.92 Å². The predicted octanol–water partition coefficient (Wildman–Crippen LogP) is 1.56. The van der Waals surface area contributed by atoms with Crippen LogP contribution in [0.15, 0.2) is 18.2 Å². The highest BCUT2D eigenvalue weighted by Crippen LogP contribution is 2.27. The molecule has 0 aliphatic carbocycles. The summed E-state index contributed by atoms with van der Waals surface area (Å²) in [6.45, 7) is 1.75. The number of aldehydes is 1. The summed E-state index contributed by atoms with van der Waals surface area (Å²) in [5.41, 5.74) is 0.115. The van der Waals surface area contributed by atoms with Gasteiger partial charge in [-0.1, -0.05) is 0 Å². The van der Waals surface area contributed by atoms with Crippen LogP contribution in [0.3, 0.4) is 0 Å². The summed E-state index contributed by atoms with van der Waals surface area (Å²) in [6, 6.07) is 3.89. The molecular weight excluding hydrogens is 226 g/mol. The van der Waals surface area contributed by atoms with E-state index in [4.69, 9.17) is 9.84 Å². The van der Waals surface area contributed by atoms with E-state index in [1.165, 1.54) is 18.2 Å². The molecule has 0 fully saturated rings. The Hall–Kier alpha value is -1.95. The zero-order chi connectivity index (χ0) is 12.8. The Labute approximate surface area is 98.0 Å². The van der Waals surface area contributed by atoms with E-state index in [0.29, 0.717) is 18.3 Å². The van der Waals surface area contributed by atoms with Gasteiger partial charge in [-0.05, 0) is 19.1 Å². The smallest absolute Gasteiger partial charge is 0.310 e. The molecule has 1 aromatic rings. The number of nitro groups is 1. The maximum absolute atomic E-state index is 10.7. The number of nitrogens with zero attached hydrogens (tertiary/aromatic N) is 1. The van der Waals surface area contributed by atoms with E-state index >= 15 is 0 Å². The van der Waals surface area contributed by atoms with Crippen molar-refractivity contribution in [3.63, 3.8) is 0 Å². The minimum Gasteiger partial charge on any atom is -0.487 e. The largest absolute Gasteiger partial charge is 0.487 e. The molecule has 0 aliphatic rings. The quantitative estimate of drug-likeness (QED) is 0.462. The number of aliphatic hydroxyl groups is 1. The van der Waals surface area contributed by atoms with Gasteiger partial charge in [0.05, 0.1) is 17.6 Å². The average Bonchev–Trinajstić information content (AvgIpc) is 2.28. The van der Waals surface area contributed by atoms with Gasteiger partial charge >= 0.3 is 5.69 Å². The van der Waals surface area contributed by atoms with Crippen LogP contribution in [0.25, 0.3) is 0 Å². The van der Waals surface area contributed by atoms with E-state index in [2.05, 4.69) is 0 Å². The van der Waals surface area contributed by atoms with Gasteiger partial charge in [-0.3, -0.25) is 14.9 Å². The molecule has 6 heteroatoms. The summed E-state index contributed by atoms with van der Waals surface area (Å²) in [4.78, 5) is 20.7. The van der Waals surface area contributed by atoms with Crippen LogP contribution < -0.4 is 4.74 Å². The zero-order valence-electron chi connectivity index (χ0n) is 9.33. The second kappa shape index (κ2) is 5.95. The third-order valence-electron chi connectivity index (χ3n) is 2.11. The maximum Gasteiger partial charge on any atom is 0.310 e. The lowest BCUT2D eigenvalue weighted by Gasteiger charge is -2.08. The predicted molar refractivity (Wildman–Crippen MR) is 60.3 cm³/mol. The Balaban J connectivity index is 2.85. The highest BCUT2D eigenvalue weighted by atomic mass is 16.6. The molecule has 92 valence electrons. The number of rotatable bonds is 6. The first kappa shape index (κ1) is 13.1. The number of aliphatic hydroxyl groups excluding tert-OH is 1. The van der Waals surface area contributed by atoms with Crippen LogP contribution >= 0.6 is 0 Å². The van der Waals surface area contributed by atoms with Gasteiger partial charge in [-0.2, -0.15) is 0 Å². The topological polar surface area (TPSA) is 89.7 Å². The van der Waals surface area contributed by atoms with Crippen LogP contribution in [0.1, 0.15) is 23.7 Å². The average molecular weight is 239 g/mol. The number of hydrogen-bond donors (Lipinski definition) is 1. The molecule has 0 radical (unpaired) electrons. The van der Waals surface area contributed by atoms with Crippen LogP contribution in [0.2, 0.25) is 0 Å². The number of nitro benzene ring substituents is 1.